The van der Waals surface area contributed by atoms with E-state index in [1.807, 2.05) is 18.2 Å². The summed E-state index contributed by atoms with van der Waals surface area (Å²) in [5.74, 6) is 0.736. The van der Waals surface area contributed by atoms with Gasteiger partial charge in [0.05, 0.1) is 12.8 Å². The van der Waals surface area contributed by atoms with E-state index >= 15 is 0 Å². The minimum Gasteiger partial charge on any atom is -0.484 e. The van der Waals surface area contributed by atoms with Crippen LogP contribution in [0.5, 0.6) is 11.6 Å². The average Bonchev–Trinajstić information content (AvgIpc) is 2.67. The number of hydrogen-bond acceptors (Lipinski definition) is 5. The van der Waals surface area contributed by atoms with Gasteiger partial charge in [-0.1, -0.05) is 29.8 Å². The van der Waals surface area contributed by atoms with E-state index in [-0.39, 0.29) is 12.5 Å². The Hall–Kier alpha value is -3.12. The average molecular weight is 370 g/mol. The molecule has 0 atom stereocenters. The minimum absolute atomic E-state index is 0.105. The van der Waals surface area contributed by atoms with E-state index in [1.165, 1.54) is 7.11 Å². The maximum atomic E-state index is 12.0. The van der Waals surface area contributed by atoms with Gasteiger partial charge >= 0.3 is 0 Å². The summed E-state index contributed by atoms with van der Waals surface area (Å²) in [6.07, 6.45) is 0. The largest absolute Gasteiger partial charge is 0.484 e. The second-order valence-corrected chi connectivity index (χ2v) is 5.77. The zero-order valence-electron chi connectivity index (χ0n) is 14.0. The molecule has 0 saturated carbocycles. The summed E-state index contributed by atoms with van der Waals surface area (Å²) in [4.78, 5) is 12.0. The molecule has 0 fully saturated rings. The predicted octanol–water partition coefficient (Wildman–Crippen LogP) is 3.82. The highest BCUT2D eigenvalue weighted by Crippen LogP contribution is 2.20. The second-order valence-electron chi connectivity index (χ2n) is 5.33. The monoisotopic (exact) mass is 369 g/mol. The molecular formula is C19H16ClN3O3. The molecular weight excluding hydrogens is 354 g/mol. The van der Waals surface area contributed by atoms with Crippen LogP contribution in [0, 0.1) is 0 Å². The van der Waals surface area contributed by atoms with E-state index < -0.39 is 0 Å². The van der Waals surface area contributed by atoms with Crippen molar-refractivity contribution in [3.8, 4) is 22.9 Å². The molecule has 7 heteroatoms. The normalized spacial score (nSPS) is 10.2. The van der Waals surface area contributed by atoms with Gasteiger partial charge in [-0.2, -0.15) is 0 Å². The number of methoxy groups -OCH3 is 1. The SMILES string of the molecule is COc1ccc(-c2ccc(NC(=O)COc3cccc(Cl)c3)cc2)nn1. The lowest BCUT2D eigenvalue weighted by molar-refractivity contribution is -0.118. The van der Waals surface area contributed by atoms with Crippen LogP contribution in [0.4, 0.5) is 5.69 Å². The lowest BCUT2D eigenvalue weighted by Crippen LogP contribution is -2.20. The van der Waals surface area contributed by atoms with E-state index in [0.717, 1.165) is 5.56 Å². The number of nitrogens with one attached hydrogen (secondary N) is 1. The number of amides is 1. The molecule has 0 radical (unpaired) electrons. The van der Waals surface area contributed by atoms with Crippen molar-refractivity contribution in [2.24, 2.45) is 0 Å². The molecule has 1 N–H and O–H groups in total. The number of nitrogens with zero attached hydrogens (tertiary/aromatic N) is 2. The summed E-state index contributed by atoms with van der Waals surface area (Å²) in [6.45, 7) is -0.105. The number of benzene rings is 2. The first kappa shape index (κ1) is 17.7. The lowest BCUT2D eigenvalue weighted by Gasteiger charge is -2.08. The van der Waals surface area contributed by atoms with Crippen LogP contribution in [-0.2, 0) is 4.79 Å². The molecule has 0 bridgehead atoms. The number of halogens is 1. The fourth-order valence-electron chi connectivity index (χ4n) is 2.21. The highest BCUT2D eigenvalue weighted by Gasteiger charge is 2.06. The van der Waals surface area contributed by atoms with Gasteiger partial charge in [-0.3, -0.25) is 4.79 Å². The number of carbonyl (C=O) groups is 1. The van der Waals surface area contributed by atoms with Crippen molar-refractivity contribution in [1.82, 2.24) is 10.2 Å². The molecule has 0 unspecified atom stereocenters. The summed E-state index contributed by atoms with van der Waals surface area (Å²) in [5.41, 5.74) is 2.26. The molecule has 0 saturated heterocycles. The van der Waals surface area contributed by atoms with Crippen LogP contribution in [0.25, 0.3) is 11.3 Å². The van der Waals surface area contributed by atoms with E-state index in [4.69, 9.17) is 21.1 Å². The number of anilines is 1. The van der Waals surface area contributed by atoms with Crippen molar-refractivity contribution < 1.29 is 14.3 Å². The fourth-order valence-corrected chi connectivity index (χ4v) is 2.39. The smallest absolute Gasteiger partial charge is 0.262 e. The number of hydrogen-bond donors (Lipinski definition) is 1. The Morgan fingerprint density at radius 1 is 1.08 bits per heavy atom. The van der Waals surface area contributed by atoms with E-state index in [0.29, 0.717) is 28.0 Å². The number of ether oxygens (including phenoxy) is 2. The maximum absolute atomic E-state index is 12.0. The Labute approximate surface area is 155 Å². The summed E-state index contributed by atoms with van der Waals surface area (Å²) < 4.78 is 10.4. The Kier molecular flexibility index (Phi) is 5.66. The molecule has 0 aliphatic heterocycles. The van der Waals surface area contributed by atoms with Gasteiger partial charge in [0.15, 0.2) is 6.61 Å². The first-order chi connectivity index (χ1) is 12.6. The number of rotatable bonds is 6. The van der Waals surface area contributed by atoms with Crippen LogP contribution in [-0.4, -0.2) is 29.8 Å². The molecule has 2 aromatic carbocycles. The van der Waals surface area contributed by atoms with Crippen molar-refractivity contribution in [3.63, 3.8) is 0 Å². The molecule has 1 aromatic heterocycles. The van der Waals surface area contributed by atoms with Crippen molar-refractivity contribution >= 4 is 23.2 Å². The molecule has 0 spiro atoms. The molecule has 3 aromatic rings. The fraction of sp³-hybridized carbons (Fsp3) is 0.105. The van der Waals surface area contributed by atoms with Crippen LogP contribution in [0.15, 0.2) is 60.7 Å². The summed E-state index contributed by atoms with van der Waals surface area (Å²) in [7, 11) is 1.54. The zero-order valence-corrected chi connectivity index (χ0v) is 14.7. The van der Waals surface area contributed by atoms with Crippen molar-refractivity contribution in [1.29, 1.82) is 0 Å². The van der Waals surface area contributed by atoms with Crippen molar-refractivity contribution in [2.45, 2.75) is 0 Å². The number of carbonyl (C=O) groups excluding carboxylic acids is 1. The molecule has 132 valence electrons. The van der Waals surface area contributed by atoms with E-state index in [9.17, 15) is 4.79 Å². The highest BCUT2D eigenvalue weighted by atomic mass is 35.5. The van der Waals surface area contributed by atoms with Gasteiger partial charge in [-0.25, -0.2) is 0 Å². The van der Waals surface area contributed by atoms with Gasteiger partial charge in [0.25, 0.3) is 5.91 Å². The topological polar surface area (TPSA) is 73.3 Å². The van der Waals surface area contributed by atoms with E-state index in [1.54, 1.807) is 42.5 Å². The summed E-state index contributed by atoms with van der Waals surface area (Å²) in [6, 6.07) is 17.7. The molecule has 1 amide bonds. The molecule has 0 aliphatic rings. The first-order valence-corrected chi connectivity index (χ1v) is 8.18. The maximum Gasteiger partial charge on any atom is 0.262 e. The first-order valence-electron chi connectivity index (χ1n) is 7.80. The Bertz CT molecular complexity index is 883. The molecule has 3 rings (SSSR count). The van der Waals surface area contributed by atoms with Gasteiger partial charge in [-0.15, -0.1) is 10.2 Å². The van der Waals surface area contributed by atoms with E-state index in [2.05, 4.69) is 15.5 Å². The third-order valence-electron chi connectivity index (χ3n) is 3.48. The third-order valence-corrected chi connectivity index (χ3v) is 3.71. The third kappa shape index (κ3) is 4.70. The van der Waals surface area contributed by atoms with Crippen LogP contribution in [0.3, 0.4) is 0 Å². The molecule has 26 heavy (non-hydrogen) atoms. The van der Waals surface area contributed by atoms with Gasteiger partial charge in [0.1, 0.15) is 5.75 Å². The Balaban J connectivity index is 1.57. The Morgan fingerprint density at radius 2 is 1.88 bits per heavy atom. The standard InChI is InChI=1S/C19H16ClN3O3/c1-25-19-10-9-17(22-23-19)13-5-7-15(8-6-13)21-18(24)12-26-16-4-2-3-14(20)11-16/h2-11H,12H2,1H3,(H,21,24). The predicted molar refractivity (Wildman–Crippen MR) is 99.6 cm³/mol. The number of aromatic nitrogens is 2. The van der Waals surface area contributed by atoms with Crippen LogP contribution in [0.1, 0.15) is 0 Å². The summed E-state index contributed by atoms with van der Waals surface area (Å²) >= 11 is 5.88. The minimum atomic E-state index is -0.262. The second kappa shape index (κ2) is 8.31. The summed E-state index contributed by atoms with van der Waals surface area (Å²) in [5, 5.41) is 11.3. The van der Waals surface area contributed by atoms with Crippen LogP contribution < -0.4 is 14.8 Å². The quantitative estimate of drug-likeness (QED) is 0.715. The van der Waals surface area contributed by atoms with Crippen molar-refractivity contribution in [2.75, 3.05) is 19.0 Å². The van der Waals surface area contributed by atoms with Crippen LogP contribution in [0.2, 0.25) is 5.02 Å². The van der Waals surface area contributed by atoms with Gasteiger partial charge < -0.3 is 14.8 Å². The van der Waals surface area contributed by atoms with Crippen molar-refractivity contribution in [3.05, 3.63) is 65.7 Å². The van der Waals surface area contributed by atoms with Gasteiger partial charge in [-0.05, 0) is 36.4 Å². The molecule has 0 aliphatic carbocycles. The zero-order chi connectivity index (χ0) is 18.4. The van der Waals surface area contributed by atoms with Gasteiger partial charge in [0, 0.05) is 22.3 Å². The molecule has 6 nitrogen and oxygen atoms in total. The van der Waals surface area contributed by atoms with Crippen LogP contribution >= 0.6 is 11.6 Å². The lowest BCUT2D eigenvalue weighted by atomic mass is 10.1. The molecule has 1 heterocycles. The van der Waals surface area contributed by atoms with Gasteiger partial charge in [0.2, 0.25) is 5.88 Å². The Morgan fingerprint density at radius 3 is 2.54 bits per heavy atom. The highest BCUT2D eigenvalue weighted by molar-refractivity contribution is 6.30.